The number of phenols is 2. The van der Waals surface area contributed by atoms with E-state index in [1.807, 2.05) is 6.07 Å². The summed E-state index contributed by atoms with van der Waals surface area (Å²) in [4.78, 5) is 25.8. The summed E-state index contributed by atoms with van der Waals surface area (Å²) in [5, 5.41) is 30.5. The van der Waals surface area contributed by atoms with Crippen LogP contribution in [0.2, 0.25) is 0 Å². The molecule has 1 aliphatic rings. The lowest BCUT2D eigenvalue weighted by Crippen LogP contribution is -2.22. The zero-order valence-corrected chi connectivity index (χ0v) is 15.0. The van der Waals surface area contributed by atoms with Crippen molar-refractivity contribution in [2.75, 3.05) is 0 Å². The van der Waals surface area contributed by atoms with E-state index in [1.165, 1.54) is 12.1 Å². The Labute approximate surface area is 161 Å². The number of rotatable bonds is 2. The van der Waals surface area contributed by atoms with Gasteiger partial charge in [-0.2, -0.15) is 5.26 Å². The van der Waals surface area contributed by atoms with Crippen molar-refractivity contribution >= 4 is 11.6 Å². The second-order valence-corrected chi connectivity index (χ2v) is 6.74. The third-order valence-corrected chi connectivity index (χ3v) is 5.15. The molecule has 28 heavy (non-hydrogen) atoms. The van der Waals surface area contributed by atoms with Crippen molar-refractivity contribution in [2.45, 2.75) is 13.3 Å². The molecule has 0 aliphatic heterocycles. The Balaban J connectivity index is 1.90. The minimum atomic E-state index is -0.487. The van der Waals surface area contributed by atoms with E-state index in [4.69, 9.17) is 5.26 Å². The van der Waals surface area contributed by atoms with Gasteiger partial charge in [0, 0.05) is 23.1 Å². The number of carbonyl (C=O) groups excluding carboxylic acids is 2. The lowest BCUT2D eigenvalue weighted by molar-refractivity contribution is 0.0974. The summed E-state index contributed by atoms with van der Waals surface area (Å²) in [5.74, 6) is -1.54. The highest BCUT2D eigenvalue weighted by molar-refractivity contribution is 6.30. The van der Waals surface area contributed by atoms with Crippen LogP contribution < -0.4 is 0 Å². The summed E-state index contributed by atoms with van der Waals surface area (Å²) in [6.07, 6.45) is 0.243. The monoisotopic (exact) mass is 369 g/mol. The molecule has 3 aromatic carbocycles. The van der Waals surface area contributed by atoms with Gasteiger partial charge in [0.05, 0.1) is 22.8 Å². The fourth-order valence-corrected chi connectivity index (χ4v) is 3.60. The lowest BCUT2D eigenvalue weighted by Gasteiger charge is -2.23. The molecular weight excluding hydrogens is 354 g/mol. The normalized spacial score (nSPS) is 12.3. The Morgan fingerprint density at radius 2 is 1.39 bits per heavy atom. The first-order valence-electron chi connectivity index (χ1n) is 8.68. The molecule has 0 spiro atoms. The first kappa shape index (κ1) is 17.5. The molecule has 5 heteroatoms. The van der Waals surface area contributed by atoms with Crippen LogP contribution in [0.15, 0.2) is 48.5 Å². The molecule has 1 aliphatic carbocycles. The van der Waals surface area contributed by atoms with E-state index in [9.17, 15) is 19.8 Å². The Morgan fingerprint density at radius 1 is 0.857 bits per heavy atom. The van der Waals surface area contributed by atoms with Crippen LogP contribution in [0, 0.1) is 18.3 Å². The van der Waals surface area contributed by atoms with Crippen molar-refractivity contribution in [1.82, 2.24) is 0 Å². The van der Waals surface area contributed by atoms with Gasteiger partial charge in [0.1, 0.15) is 11.5 Å². The van der Waals surface area contributed by atoms with E-state index in [0.717, 1.165) is 5.56 Å². The first-order valence-corrected chi connectivity index (χ1v) is 8.68. The summed E-state index contributed by atoms with van der Waals surface area (Å²) in [5.41, 5.74) is 2.15. The van der Waals surface area contributed by atoms with Gasteiger partial charge in [-0.15, -0.1) is 0 Å². The van der Waals surface area contributed by atoms with E-state index < -0.39 is 11.6 Å². The fraction of sp³-hybridized carbons (Fsp3) is 0.0870. The summed E-state index contributed by atoms with van der Waals surface area (Å²) in [6.45, 7) is 1.60. The van der Waals surface area contributed by atoms with Gasteiger partial charge < -0.3 is 10.2 Å². The van der Waals surface area contributed by atoms with E-state index in [1.54, 1.807) is 43.3 Å². The van der Waals surface area contributed by atoms with Crippen LogP contribution in [-0.2, 0) is 6.42 Å². The van der Waals surface area contributed by atoms with Gasteiger partial charge in [-0.05, 0) is 30.2 Å². The van der Waals surface area contributed by atoms with Gasteiger partial charge in [-0.25, -0.2) is 0 Å². The first-order chi connectivity index (χ1) is 13.4. The number of fused-ring (bicyclic) bond motifs is 2. The van der Waals surface area contributed by atoms with Crippen LogP contribution in [0.4, 0.5) is 0 Å². The predicted molar refractivity (Wildman–Crippen MR) is 102 cm³/mol. The standard InChI is InChI=1S/C23H15NO4/c1-12-17(10-13-6-8-14(11-24)9-7-13)23(28)19-18(20(12)25)21(26)15-4-2-3-5-16(15)22(19)27/h2-9,25,28H,10H2,1H3. The maximum atomic E-state index is 13.0. The fourth-order valence-electron chi connectivity index (χ4n) is 3.60. The van der Waals surface area contributed by atoms with Crippen molar-refractivity contribution < 1.29 is 19.8 Å². The van der Waals surface area contributed by atoms with E-state index in [2.05, 4.69) is 0 Å². The second-order valence-electron chi connectivity index (χ2n) is 6.74. The molecule has 0 saturated heterocycles. The summed E-state index contributed by atoms with van der Waals surface area (Å²) < 4.78 is 0. The smallest absolute Gasteiger partial charge is 0.198 e. The van der Waals surface area contributed by atoms with Crippen LogP contribution in [-0.4, -0.2) is 21.8 Å². The zero-order valence-electron chi connectivity index (χ0n) is 15.0. The van der Waals surface area contributed by atoms with Crippen LogP contribution in [0.25, 0.3) is 0 Å². The van der Waals surface area contributed by atoms with Crippen LogP contribution in [0.3, 0.4) is 0 Å². The molecule has 0 aromatic heterocycles. The molecule has 4 rings (SSSR count). The Morgan fingerprint density at radius 3 is 1.93 bits per heavy atom. The summed E-state index contributed by atoms with van der Waals surface area (Å²) in [6, 6.07) is 15.2. The minimum absolute atomic E-state index is 0.151. The molecular formula is C23H15NO4. The summed E-state index contributed by atoms with van der Waals surface area (Å²) >= 11 is 0. The number of benzene rings is 3. The average molecular weight is 369 g/mol. The predicted octanol–water partition coefficient (Wildman–Crippen LogP) is 3.64. The summed E-state index contributed by atoms with van der Waals surface area (Å²) in [7, 11) is 0. The third-order valence-electron chi connectivity index (χ3n) is 5.15. The molecule has 136 valence electrons. The SMILES string of the molecule is Cc1c(O)c2c(c(O)c1Cc1ccc(C#N)cc1)C(=O)c1ccccc1C2=O. The highest BCUT2D eigenvalue weighted by atomic mass is 16.3. The zero-order chi connectivity index (χ0) is 20.0. The van der Waals surface area contributed by atoms with Crippen LogP contribution in [0.1, 0.15) is 54.1 Å². The van der Waals surface area contributed by atoms with E-state index in [0.29, 0.717) is 16.7 Å². The van der Waals surface area contributed by atoms with Gasteiger partial charge in [0.15, 0.2) is 11.6 Å². The Bertz CT molecular complexity index is 1200. The molecule has 0 saturated carbocycles. The van der Waals surface area contributed by atoms with Gasteiger partial charge in [-0.1, -0.05) is 36.4 Å². The van der Waals surface area contributed by atoms with Crippen LogP contribution >= 0.6 is 0 Å². The Hall–Kier alpha value is -3.91. The van der Waals surface area contributed by atoms with Crippen molar-refractivity contribution in [1.29, 1.82) is 5.26 Å². The molecule has 0 fully saturated rings. The molecule has 2 N–H and O–H groups in total. The van der Waals surface area contributed by atoms with Gasteiger partial charge in [0.25, 0.3) is 0 Å². The van der Waals surface area contributed by atoms with Gasteiger partial charge in [0.2, 0.25) is 0 Å². The average Bonchev–Trinajstić information content (AvgIpc) is 2.72. The molecule has 0 heterocycles. The number of aromatic hydroxyl groups is 2. The quantitative estimate of drug-likeness (QED) is 0.526. The molecule has 0 radical (unpaired) electrons. The van der Waals surface area contributed by atoms with E-state index >= 15 is 0 Å². The molecule has 3 aromatic rings. The van der Waals surface area contributed by atoms with Crippen molar-refractivity contribution in [3.05, 3.63) is 93.0 Å². The van der Waals surface area contributed by atoms with Gasteiger partial charge >= 0.3 is 0 Å². The molecule has 0 bridgehead atoms. The number of hydrogen-bond acceptors (Lipinski definition) is 5. The van der Waals surface area contributed by atoms with Gasteiger partial charge in [-0.3, -0.25) is 9.59 Å². The lowest BCUT2D eigenvalue weighted by atomic mass is 9.80. The molecule has 0 unspecified atom stereocenters. The maximum absolute atomic E-state index is 13.0. The topological polar surface area (TPSA) is 98.4 Å². The van der Waals surface area contributed by atoms with Crippen LogP contribution in [0.5, 0.6) is 11.5 Å². The van der Waals surface area contributed by atoms with E-state index in [-0.39, 0.29) is 40.2 Å². The number of nitrogens with zero attached hydrogens (tertiary/aromatic N) is 1. The number of carbonyl (C=O) groups is 2. The Kier molecular flexibility index (Phi) is 3.98. The number of ketones is 2. The van der Waals surface area contributed by atoms with Crippen molar-refractivity contribution in [3.8, 4) is 17.6 Å². The third kappa shape index (κ3) is 2.47. The molecule has 0 amide bonds. The van der Waals surface area contributed by atoms with Crippen molar-refractivity contribution in [3.63, 3.8) is 0 Å². The molecule has 5 nitrogen and oxygen atoms in total. The molecule has 0 atom stereocenters. The largest absolute Gasteiger partial charge is 0.507 e. The second kappa shape index (κ2) is 6.36. The highest BCUT2D eigenvalue weighted by Crippen LogP contribution is 2.43. The number of hydrogen-bond donors (Lipinski definition) is 2. The number of phenolic OH excluding ortho intramolecular Hbond substituents is 2. The maximum Gasteiger partial charge on any atom is 0.198 e. The highest BCUT2D eigenvalue weighted by Gasteiger charge is 2.36. The minimum Gasteiger partial charge on any atom is -0.507 e. The number of nitriles is 1. The van der Waals surface area contributed by atoms with Crippen molar-refractivity contribution in [2.24, 2.45) is 0 Å².